The van der Waals surface area contributed by atoms with Crippen LogP contribution >= 0.6 is 0 Å². The minimum atomic E-state index is -3.90. The third-order valence-electron chi connectivity index (χ3n) is 5.92. The van der Waals surface area contributed by atoms with Gasteiger partial charge in [-0.2, -0.15) is 9.40 Å². The van der Waals surface area contributed by atoms with Crippen LogP contribution in [-0.4, -0.2) is 46.4 Å². The summed E-state index contributed by atoms with van der Waals surface area (Å²) in [6, 6.07) is 5.93. The molecule has 0 bridgehead atoms. The number of piperidine rings is 1. The van der Waals surface area contributed by atoms with E-state index in [0.29, 0.717) is 0 Å². The SMILES string of the molecule is O=C(Nc1ccn(Cc2c(F)c(F)cc(F)c2F)n1)C1CCN(S(=O)(=O)c2ccc([N+](=O)[O-])cc2)CC1. The smallest absolute Gasteiger partial charge is 0.269 e. The highest BCUT2D eigenvalue weighted by atomic mass is 32.2. The number of amides is 1. The van der Waals surface area contributed by atoms with Crippen LogP contribution in [0.1, 0.15) is 18.4 Å². The molecule has 0 radical (unpaired) electrons. The van der Waals surface area contributed by atoms with Crippen molar-refractivity contribution in [2.75, 3.05) is 18.4 Å². The normalized spacial score (nSPS) is 15.0. The predicted molar refractivity (Wildman–Crippen MR) is 121 cm³/mol. The molecule has 1 aliphatic rings. The van der Waals surface area contributed by atoms with Gasteiger partial charge in [-0.25, -0.2) is 26.0 Å². The zero-order valence-electron chi connectivity index (χ0n) is 18.9. The van der Waals surface area contributed by atoms with Gasteiger partial charge in [-0.05, 0) is 25.0 Å². The van der Waals surface area contributed by atoms with Gasteiger partial charge in [-0.3, -0.25) is 19.6 Å². The number of nitro benzene ring substituents is 1. The van der Waals surface area contributed by atoms with Crippen LogP contribution in [0.4, 0.5) is 29.1 Å². The topological polar surface area (TPSA) is 127 Å². The third-order valence-corrected chi connectivity index (χ3v) is 7.84. The number of hydrogen-bond donors (Lipinski definition) is 1. The van der Waals surface area contributed by atoms with Gasteiger partial charge in [0.2, 0.25) is 15.9 Å². The minimum absolute atomic E-state index is 0.0311. The maximum atomic E-state index is 13.9. The van der Waals surface area contributed by atoms with Crippen LogP contribution < -0.4 is 5.32 Å². The molecule has 0 unspecified atom stereocenters. The maximum Gasteiger partial charge on any atom is 0.269 e. The molecule has 37 heavy (non-hydrogen) atoms. The number of rotatable bonds is 7. The van der Waals surface area contributed by atoms with Gasteiger partial charge in [0.05, 0.1) is 21.9 Å². The number of non-ortho nitro benzene ring substituents is 1. The Hall–Kier alpha value is -3.85. The molecule has 4 rings (SSSR count). The number of carbonyl (C=O) groups excluding carboxylic acids is 1. The van der Waals surface area contributed by atoms with Crippen LogP contribution in [0.15, 0.2) is 47.5 Å². The van der Waals surface area contributed by atoms with E-state index in [-0.39, 0.29) is 48.4 Å². The van der Waals surface area contributed by atoms with Crippen LogP contribution in [0.25, 0.3) is 0 Å². The van der Waals surface area contributed by atoms with E-state index >= 15 is 0 Å². The highest BCUT2D eigenvalue weighted by Crippen LogP contribution is 2.26. The molecule has 10 nitrogen and oxygen atoms in total. The molecule has 0 saturated carbocycles. The van der Waals surface area contributed by atoms with E-state index in [1.54, 1.807) is 0 Å². The van der Waals surface area contributed by atoms with Gasteiger partial charge >= 0.3 is 0 Å². The Morgan fingerprint density at radius 1 is 1.05 bits per heavy atom. The Morgan fingerprint density at radius 3 is 2.22 bits per heavy atom. The molecule has 1 saturated heterocycles. The van der Waals surface area contributed by atoms with Crippen molar-refractivity contribution < 1.29 is 35.7 Å². The molecule has 1 fully saturated rings. The molecular weight excluding hydrogens is 522 g/mol. The number of sulfonamides is 1. The third kappa shape index (κ3) is 5.46. The highest BCUT2D eigenvalue weighted by molar-refractivity contribution is 7.89. The van der Waals surface area contributed by atoms with Crippen LogP contribution in [0.5, 0.6) is 0 Å². The van der Waals surface area contributed by atoms with Gasteiger partial charge in [0, 0.05) is 49.5 Å². The summed E-state index contributed by atoms with van der Waals surface area (Å²) in [6.07, 6.45) is 1.65. The minimum Gasteiger partial charge on any atom is -0.309 e. The van der Waals surface area contributed by atoms with Crippen LogP contribution in [-0.2, 0) is 21.4 Å². The van der Waals surface area contributed by atoms with E-state index in [2.05, 4.69) is 10.4 Å². The summed E-state index contributed by atoms with van der Waals surface area (Å²) < 4.78 is 82.4. The Bertz CT molecular complexity index is 1430. The average molecular weight is 541 g/mol. The number of nitrogens with zero attached hydrogens (tertiary/aromatic N) is 4. The summed E-state index contributed by atoms with van der Waals surface area (Å²) >= 11 is 0. The second-order valence-electron chi connectivity index (χ2n) is 8.26. The number of benzene rings is 2. The van der Waals surface area contributed by atoms with Crippen molar-refractivity contribution >= 4 is 27.4 Å². The quantitative estimate of drug-likeness (QED) is 0.211. The number of aromatic nitrogens is 2. The molecule has 1 aliphatic heterocycles. The first-order valence-corrected chi connectivity index (χ1v) is 12.3. The lowest BCUT2D eigenvalue weighted by atomic mass is 9.97. The summed E-state index contributed by atoms with van der Waals surface area (Å²) in [7, 11) is -3.90. The Morgan fingerprint density at radius 2 is 1.65 bits per heavy atom. The highest BCUT2D eigenvalue weighted by Gasteiger charge is 2.32. The molecule has 1 N–H and O–H groups in total. The van der Waals surface area contributed by atoms with Crippen LogP contribution in [0.2, 0.25) is 0 Å². The Kier molecular flexibility index (Phi) is 7.27. The number of nitrogens with one attached hydrogen (secondary N) is 1. The molecule has 3 aromatic rings. The van der Waals surface area contributed by atoms with Gasteiger partial charge < -0.3 is 5.32 Å². The second kappa shape index (κ2) is 10.3. The van der Waals surface area contributed by atoms with Crippen molar-refractivity contribution in [3.8, 4) is 0 Å². The fourth-order valence-electron chi connectivity index (χ4n) is 3.92. The van der Waals surface area contributed by atoms with E-state index < -0.39 is 62.1 Å². The lowest BCUT2D eigenvalue weighted by molar-refractivity contribution is -0.384. The largest absolute Gasteiger partial charge is 0.309 e. The average Bonchev–Trinajstić information content (AvgIpc) is 3.32. The predicted octanol–water partition coefficient (Wildman–Crippen LogP) is 3.44. The molecule has 2 heterocycles. The van der Waals surface area contributed by atoms with Gasteiger partial charge in [-0.1, -0.05) is 0 Å². The molecule has 196 valence electrons. The van der Waals surface area contributed by atoms with Crippen molar-refractivity contribution in [2.24, 2.45) is 5.92 Å². The molecule has 1 amide bonds. The van der Waals surface area contributed by atoms with Crippen molar-refractivity contribution in [2.45, 2.75) is 24.3 Å². The fraction of sp³-hybridized carbons (Fsp3) is 0.273. The van der Waals surface area contributed by atoms with E-state index in [9.17, 15) is 40.9 Å². The summed E-state index contributed by atoms with van der Waals surface area (Å²) in [5, 5.41) is 17.3. The first-order chi connectivity index (χ1) is 17.5. The van der Waals surface area contributed by atoms with Crippen molar-refractivity contribution in [1.82, 2.24) is 14.1 Å². The van der Waals surface area contributed by atoms with Gasteiger partial charge in [-0.15, -0.1) is 0 Å². The number of halogens is 4. The van der Waals surface area contributed by atoms with E-state index in [1.165, 1.54) is 16.6 Å². The number of anilines is 1. The molecule has 0 aliphatic carbocycles. The molecule has 0 spiro atoms. The van der Waals surface area contributed by atoms with Gasteiger partial charge in [0.15, 0.2) is 29.1 Å². The lowest BCUT2D eigenvalue weighted by Gasteiger charge is -2.30. The Balaban J connectivity index is 1.35. The monoisotopic (exact) mass is 541 g/mol. The van der Waals surface area contributed by atoms with Crippen molar-refractivity contribution in [3.05, 3.63) is 81.5 Å². The molecule has 2 aromatic carbocycles. The summed E-state index contributed by atoms with van der Waals surface area (Å²) in [5.74, 6) is -7.16. The zero-order chi connectivity index (χ0) is 26.9. The summed E-state index contributed by atoms with van der Waals surface area (Å²) in [6.45, 7) is -0.549. The summed E-state index contributed by atoms with van der Waals surface area (Å²) in [5.41, 5.74) is -1.10. The van der Waals surface area contributed by atoms with Crippen LogP contribution in [0.3, 0.4) is 0 Å². The van der Waals surface area contributed by atoms with Crippen molar-refractivity contribution in [1.29, 1.82) is 0 Å². The standard InChI is InChI=1S/C22H19F4N5O5S/c23-17-11-18(24)21(26)16(20(17)25)12-29-8-7-19(28-29)27-22(32)13-5-9-30(10-6-13)37(35,36)15-3-1-14(2-4-15)31(33)34/h1-4,7-8,11,13H,5-6,9-10,12H2,(H,27,28,32). The molecular formula is C22H19F4N5O5S. The zero-order valence-corrected chi connectivity index (χ0v) is 19.7. The first-order valence-electron chi connectivity index (χ1n) is 10.9. The van der Waals surface area contributed by atoms with Crippen LogP contribution in [0, 0.1) is 39.3 Å². The maximum absolute atomic E-state index is 13.9. The van der Waals surface area contributed by atoms with Gasteiger partial charge in [0.1, 0.15) is 0 Å². The molecule has 0 atom stereocenters. The van der Waals surface area contributed by atoms with E-state index in [4.69, 9.17) is 0 Å². The number of nitro groups is 1. The van der Waals surface area contributed by atoms with Crippen molar-refractivity contribution in [3.63, 3.8) is 0 Å². The summed E-state index contributed by atoms with van der Waals surface area (Å²) in [4.78, 5) is 22.7. The molecule has 15 heteroatoms. The van der Waals surface area contributed by atoms with E-state index in [1.807, 2.05) is 0 Å². The molecule has 1 aromatic heterocycles. The van der Waals surface area contributed by atoms with Gasteiger partial charge in [0.25, 0.3) is 5.69 Å². The number of carbonyl (C=O) groups is 1. The Labute approximate surface area is 207 Å². The fourth-order valence-corrected chi connectivity index (χ4v) is 5.39. The second-order valence-corrected chi connectivity index (χ2v) is 10.2. The lowest BCUT2D eigenvalue weighted by Crippen LogP contribution is -2.41. The number of hydrogen-bond acceptors (Lipinski definition) is 6. The van der Waals surface area contributed by atoms with E-state index in [0.717, 1.165) is 28.9 Å². The first kappa shape index (κ1) is 26.2.